The summed E-state index contributed by atoms with van der Waals surface area (Å²) >= 11 is 2.04. The van der Waals surface area contributed by atoms with Crippen molar-refractivity contribution in [2.24, 2.45) is 0 Å². The first-order chi connectivity index (χ1) is 8.27. The number of hydrogen-bond acceptors (Lipinski definition) is 4. The van der Waals surface area contributed by atoms with Crippen LogP contribution in [0.1, 0.15) is 31.7 Å². The molecule has 0 saturated carbocycles. The summed E-state index contributed by atoms with van der Waals surface area (Å²) in [5.41, 5.74) is 5.81. The van der Waals surface area contributed by atoms with Crippen LogP contribution in [0.5, 0.6) is 0 Å². The fourth-order valence-corrected chi connectivity index (χ4v) is 4.11. The van der Waals surface area contributed by atoms with Crippen molar-refractivity contribution in [2.45, 2.75) is 37.3 Å². The molecule has 2 aliphatic rings. The molecule has 2 aliphatic heterocycles. The third-order valence-corrected chi connectivity index (χ3v) is 4.86. The van der Waals surface area contributed by atoms with Crippen molar-refractivity contribution in [1.82, 2.24) is 9.78 Å². The molecule has 5 heteroatoms. The van der Waals surface area contributed by atoms with Crippen molar-refractivity contribution in [2.75, 3.05) is 23.8 Å². The molecule has 1 aromatic heterocycles. The van der Waals surface area contributed by atoms with Gasteiger partial charge in [-0.2, -0.15) is 16.9 Å². The van der Waals surface area contributed by atoms with E-state index in [1.54, 1.807) is 0 Å². The van der Waals surface area contributed by atoms with Gasteiger partial charge in [0.15, 0.2) is 0 Å². The quantitative estimate of drug-likeness (QED) is 0.832. The Labute approximate surface area is 106 Å². The Kier molecular flexibility index (Phi) is 3.04. The lowest BCUT2D eigenvalue weighted by atomic mass is 9.85. The van der Waals surface area contributed by atoms with Crippen LogP contribution in [0.25, 0.3) is 0 Å². The zero-order chi connectivity index (χ0) is 11.7. The smallest absolute Gasteiger partial charge is 0.145 e. The largest absolute Gasteiger partial charge is 0.382 e. The van der Waals surface area contributed by atoms with Crippen LogP contribution < -0.4 is 5.73 Å². The second-order valence-electron chi connectivity index (χ2n) is 5.01. The Bertz CT molecular complexity index is 381. The van der Waals surface area contributed by atoms with Gasteiger partial charge in [0.25, 0.3) is 0 Å². The highest BCUT2D eigenvalue weighted by Gasteiger charge is 2.39. The maximum atomic E-state index is 6.08. The Morgan fingerprint density at radius 1 is 1.47 bits per heavy atom. The number of nitrogen functional groups attached to an aromatic ring is 1. The highest BCUT2D eigenvalue weighted by molar-refractivity contribution is 7.99. The maximum Gasteiger partial charge on any atom is 0.145 e. The molecule has 3 heterocycles. The van der Waals surface area contributed by atoms with E-state index in [9.17, 15) is 0 Å². The molecule has 0 amide bonds. The van der Waals surface area contributed by atoms with Crippen molar-refractivity contribution >= 4 is 17.6 Å². The monoisotopic (exact) mass is 253 g/mol. The van der Waals surface area contributed by atoms with Gasteiger partial charge in [0.1, 0.15) is 5.82 Å². The van der Waals surface area contributed by atoms with Gasteiger partial charge in [0.2, 0.25) is 0 Å². The van der Waals surface area contributed by atoms with Gasteiger partial charge in [-0.1, -0.05) is 0 Å². The fourth-order valence-electron chi connectivity index (χ4n) is 2.88. The maximum absolute atomic E-state index is 6.08. The SMILES string of the molecule is Nc1ccn(C2CCOC3(CCSCC3)C2)n1. The third-order valence-electron chi connectivity index (χ3n) is 3.87. The van der Waals surface area contributed by atoms with E-state index in [-0.39, 0.29) is 5.60 Å². The fraction of sp³-hybridized carbons (Fsp3) is 0.750. The van der Waals surface area contributed by atoms with Gasteiger partial charge in [-0.3, -0.25) is 4.68 Å². The van der Waals surface area contributed by atoms with E-state index in [4.69, 9.17) is 10.5 Å². The van der Waals surface area contributed by atoms with E-state index in [0.717, 1.165) is 19.4 Å². The molecule has 0 aliphatic carbocycles. The standard InChI is InChI=1S/C12H19N3OS/c13-11-1-5-15(14-11)10-2-6-16-12(9-10)3-7-17-8-4-12/h1,5,10H,2-4,6-9H2,(H2,13,14). The van der Waals surface area contributed by atoms with E-state index in [1.807, 2.05) is 28.7 Å². The molecule has 1 aromatic rings. The van der Waals surface area contributed by atoms with Gasteiger partial charge in [0, 0.05) is 12.8 Å². The number of aromatic nitrogens is 2. The van der Waals surface area contributed by atoms with E-state index in [2.05, 4.69) is 5.10 Å². The predicted molar refractivity (Wildman–Crippen MR) is 70.2 cm³/mol. The minimum Gasteiger partial charge on any atom is -0.382 e. The minimum atomic E-state index is 0.120. The van der Waals surface area contributed by atoms with Gasteiger partial charge in [0.05, 0.1) is 11.6 Å². The van der Waals surface area contributed by atoms with Crippen LogP contribution in [0, 0.1) is 0 Å². The molecule has 4 nitrogen and oxygen atoms in total. The van der Waals surface area contributed by atoms with Crippen molar-refractivity contribution in [1.29, 1.82) is 0 Å². The van der Waals surface area contributed by atoms with Crippen LogP contribution in [0.4, 0.5) is 5.82 Å². The lowest BCUT2D eigenvalue weighted by Crippen LogP contribution is -2.43. The van der Waals surface area contributed by atoms with Gasteiger partial charge >= 0.3 is 0 Å². The molecule has 2 saturated heterocycles. The molecule has 94 valence electrons. The topological polar surface area (TPSA) is 53.1 Å². The van der Waals surface area contributed by atoms with Crippen LogP contribution in [0.2, 0.25) is 0 Å². The van der Waals surface area contributed by atoms with Crippen molar-refractivity contribution in [3.63, 3.8) is 0 Å². The third kappa shape index (κ3) is 2.31. The summed E-state index contributed by atoms with van der Waals surface area (Å²) in [6.45, 7) is 0.856. The van der Waals surface area contributed by atoms with E-state index < -0.39 is 0 Å². The first-order valence-corrected chi connectivity index (χ1v) is 7.45. The van der Waals surface area contributed by atoms with Crippen LogP contribution in [-0.4, -0.2) is 33.5 Å². The molecular formula is C12H19N3OS. The lowest BCUT2D eigenvalue weighted by Gasteiger charge is -2.43. The zero-order valence-corrected chi connectivity index (χ0v) is 10.8. The lowest BCUT2D eigenvalue weighted by molar-refractivity contribution is -0.100. The minimum absolute atomic E-state index is 0.120. The first-order valence-electron chi connectivity index (χ1n) is 6.30. The number of thioether (sulfide) groups is 1. The Morgan fingerprint density at radius 2 is 2.29 bits per heavy atom. The number of rotatable bonds is 1. The van der Waals surface area contributed by atoms with Crippen LogP contribution in [0.3, 0.4) is 0 Å². The molecule has 2 fully saturated rings. The molecule has 0 radical (unpaired) electrons. The highest BCUT2D eigenvalue weighted by Crippen LogP contribution is 2.41. The second kappa shape index (κ2) is 4.53. The molecule has 0 bridgehead atoms. The molecule has 3 rings (SSSR count). The van der Waals surface area contributed by atoms with Crippen molar-refractivity contribution in [3.05, 3.63) is 12.3 Å². The van der Waals surface area contributed by atoms with E-state index >= 15 is 0 Å². The zero-order valence-electron chi connectivity index (χ0n) is 9.97. The summed E-state index contributed by atoms with van der Waals surface area (Å²) in [5, 5.41) is 4.35. The predicted octanol–water partition coefficient (Wildman–Crippen LogP) is 2.08. The number of nitrogens with two attached hydrogens (primary N) is 1. The van der Waals surface area contributed by atoms with E-state index in [1.165, 1.54) is 24.3 Å². The Hall–Kier alpha value is -0.680. The van der Waals surface area contributed by atoms with Crippen LogP contribution in [-0.2, 0) is 4.74 Å². The first kappa shape index (κ1) is 11.4. The van der Waals surface area contributed by atoms with Gasteiger partial charge in [-0.05, 0) is 43.3 Å². The summed E-state index contributed by atoms with van der Waals surface area (Å²) in [6, 6.07) is 2.34. The van der Waals surface area contributed by atoms with Gasteiger partial charge in [-0.15, -0.1) is 0 Å². The highest BCUT2D eigenvalue weighted by atomic mass is 32.2. The molecule has 1 atom stereocenters. The van der Waals surface area contributed by atoms with Crippen molar-refractivity contribution in [3.8, 4) is 0 Å². The molecule has 1 spiro atoms. The molecule has 17 heavy (non-hydrogen) atoms. The molecule has 1 unspecified atom stereocenters. The average Bonchev–Trinajstić information content (AvgIpc) is 2.77. The molecular weight excluding hydrogens is 234 g/mol. The average molecular weight is 253 g/mol. The summed E-state index contributed by atoms with van der Waals surface area (Å²) < 4.78 is 8.11. The summed E-state index contributed by atoms with van der Waals surface area (Å²) in [7, 11) is 0. The van der Waals surface area contributed by atoms with Crippen molar-refractivity contribution < 1.29 is 4.74 Å². The summed E-state index contributed by atoms with van der Waals surface area (Å²) in [6.07, 6.45) is 6.51. The normalized spacial score (nSPS) is 28.4. The molecule has 0 aromatic carbocycles. The number of ether oxygens (including phenoxy) is 1. The van der Waals surface area contributed by atoms with Crippen LogP contribution >= 0.6 is 11.8 Å². The van der Waals surface area contributed by atoms with Crippen LogP contribution in [0.15, 0.2) is 12.3 Å². The number of nitrogens with zero attached hydrogens (tertiary/aromatic N) is 2. The number of hydrogen-bond donors (Lipinski definition) is 1. The van der Waals surface area contributed by atoms with Gasteiger partial charge in [-0.25, -0.2) is 0 Å². The van der Waals surface area contributed by atoms with E-state index in [0.29, 0.717) is 11.9 Å². The second-order valence-corrected chi connectivity index (χ2v) is 6.24. The Morgan fingerprint density at radius 3 is 3.00 bits per heavy atom. The Balaban J connectivity index is 1.74. The van der Waals surface area contributed by atoms with Gasteiger partial charge < -0.3 is 10.5 Å². The summed E-state index contributed by atoms with van der Waals surface area (Å²) in [5.74, 6) is 3.08. The molecule has 2 N–H and O–H groups in total. The summed E-state index contributed by atoms with van der Waals surface area (Å²) in [4.78, 5) is 0. The number of anilines is 1.